The van der Waals surface area contributed by atoms with Gasteiger partial charge in [0.25, 0.3) is 5.91 Å². The van der Waals surface area contributed by atoms with Gasteiger partial charge >= 0.3 is 0 Å². The van der Waals surface area contributed by atoms with Gasteiger partial charge in [0.2, 0.25) is 0 Å². The molecule has 2 heterocycles. The topological polar surface area (TPSA) is 20.3 Å². The first-order valence-corrected chi connectivity index (χ1v) is 11.7. The average molecular weight is 1010 g/mol. The molecule has 0 aromatic rings. The third-order valence-electron chi connectivity index (χ3n) is 2.04. The lowest BCUT2D eigenvalue weighted by atomic mass is 10.2. The fourth-order valence-corrected chi connectivity index (χ4v) is 13.8. The highest BCUT2D eigenvalue weighted by Crippen LogP contribution is 2.80. The van der Waals surface area contributed by atoms with Gasteiger partial charge in [0.05, 0.1) is 0 Å². The Balaban J connectivity index is 2.52. The molecule has 0 radical (unpaired) electrons. The quantitative estimate of drug-likeness (QED) is 0.143. The summed E-state index contributed by atoms with van der Waals surface area (Å²) in [5.74, 6) is 0.240. The summed E-state index contributed by atoms with van der Waals surface area (Å²) in [6.07, 6.45) is 0. The Morgan fingerprint density at radius 2 is 1.47 bits per heavy atom. The van der Waals surface area contributed by atoms with Gasteiger partial charge in [0.15, 0.2) is 6.62 Å². The summed E-state index contributed by atoms with van der Waals surface area (Å²) < 4.78 is -0.577. The number of carbonyl (C=O) groups is 1. The summed E-state index contributed by atoms with van der Waals surface area (Å²) in [4.78, 5) is 14.2. The Bertz CT molecular complexity index is 357. The Morgan fingerprint density at radius 1 is 1.00 bits per heavy atom. The van der Waals surface area contributed by atoms with Crippen LogP contribution in [0.2, 0.25) is 0 Å². The number of β-lactam (4-membered cyclic amide) rings is 1. The van der Waals surface area contributed by atoms with Crippen LogP contribution in [-0.2, 0) is 4.79 Å². The molecule has 0 aliphatic carbocycles. The zero-order chi connectivity index (χ0) is 11.9. The highest BCUT2D eigenvalue weighted by atomic mass is 127. The van der Waals surface area contributed by atoms with Crippen molar-refractivity contribution in [2.75, 3.05) is 0 Å². The third-order valence-corrected chi connectivity index (χ3v) is 20.9. The van der Waals surface area contributed by atoms with Crippen molar-refractivity contribution >= 4 is 176 Å². The molecule has 15 heavy (non-hydrogen) atoms. The van der Waals surface area contributed by atoms with E-state index in [4.69, 9.17) is 0 Å². The predicted octanol–water partition coefficient (Wildman–Crippen LogP) is 5.28. The monoisotopic (exact) mass is 1010 g/mol. The fraction of sp³-hybridized carbons (Fsp3) is 0.800. The molecular formula is C5I7NOS. The maximum absolute atomic E-state index is 12.1. The maximum atomic E-state index is 12.1. The predicted molar refractivity (Wildman–Crippen MR) is 124 cm³/mol. The van der Waals surface area contributed by atoms with E-state index < -0.39 is 0 Å². The molecule has 2 aliphatic heterocycles. The van der Waals surface area contributed by atoms with Gasteiger partial charge in [0.1, 0.15) is 0 Å². The molecule has 86 valence electrons. The summed E-state index contributed by atoms with van der Waals surface area (Å²) in [5.41, 5.74) is 0. The standard InChI is InChI=1S/C5I7NOS/c6-2(7)1(14)13-3(8,9)4(10,11)15-5(2,13)12/t5-/m0/s1. The van der Waals surface area contributed by atoms with Gasteiger partial charge in [-0.1, -0.05) is 102 Å². The highest BCUT2D eigenvalue weighted by molar-refractivity contribution is 14.2. The van der Waals surface area contributed by atoms with Crippen molar-refractivity contribution in [2.45, 2.75) is 6.62 Å². The molecule has 0 unspecified atom stereocenters. The molecule has 2 nitrogen and oxygen atoms in total. The van der Waals surface area contributed by atoms with Crippen LogP contribution in [0.5, 0.6) is 0 Å². The lowest BCUT2D eigenvalue weighted by molar-refractivity contribution is -0.141. The van der Waals surface area contributed by atoms with Crippen LogP contribution in [0.4, 0.5) is 0 Å². The summed E-state index contributed by atoms with van der Waals surface area (Å²) in [6, 6.07) is 0. The van der Waals surface area contributed by atoms with Crippen LogP contribution in [0.25, 0.3) is 0 Å². The van der Waals surface area contributed by atoms with E-state index in [0.29, 0.717) is 0 Å². The molecule has 2 rings (SSSR count). The van der Waals surface area contributed by atoms with Gasteiger partial charge in [0, 0.05) is 0 Å². The SMILES string of the molecule is O=C1N2C(I)(I)C(I)(I)S[C@]2(I)C1(I)I. The van der Waals surface area contributed by atoms with Crippen LogP contribution in [0.1, 0.15) is 0 Å². The van der Waals surface area contributed by atoms with Gasteiger partial charge in [-0.25, -0.2) is 0 Å². The van der Waals surface area contributed by atoms with Gasteiger partial charge in [-0.3, -0.25) is 9.69 Å². The first-order valence-electron chi connectivity index (χ1n) is 3.36. The van der Waals surface area contributed by atoms with E-state index in [1.54, 1.807) is 0 Å². The molecule has 2 fully saturated rings. The zero-order valence-electron chi connectivity index (χ0n) is 6.41. The average Bonchev–Trinajstić information content (AvgIpc) is 2.14. The second-order valence-corrected chi connectivity index (χ2v) is 23.9. The number of halogens is 7. The Morgan fingerprint density at radius 3 is 1.87 bits per heavy atom. The lowest BCUT2D eigenvalue weighted by Crippen LogP contribution is -2.73. The minimum absolute atomic E-state index is 0.0125. The molecule has 0 bridgehead atoms. The number of rotatable bonds is 0. The number of carbonyl (C=O) groups excluding carboxylic acids is 1. The van der Waals surface area contributed by atoms with E-state index >= 15 is 0 Å². The van der Waals surface area contributed by atoms with Crippen molar-refractivity contribution in [2.24, 2.45) is 0 Å². The highest BCUT2D eigenvalue weighted by Gasteiger charge is 2.82. The number of nitrogens with zero attached hydrogens (tertiary/aromatic N) is 1. The Labute approximate surface area is 187 Å². The first-order chi connectivity index (χ1) is 6.48. The van der Waals surface area contributed by atoms with Crippen molar-refractivity contribution in [3.63, 3.8) is 0 Å². The van der Waals surface area contributed by atoms with Crippen LogP contribution >= 0.6 is 170 Å². The number of hydrogen-bond acceptors (Lipinski definition) is 2. The molecule has 0 saturated carbocycles. The first kappa shape index (κ1) is 16.3. The zero-order valence-corrected chi connectivity index (χ0v) is 22.3. The van der Waals surface area contributed by atoms with Crippen molar-refractivity contribution in [3.8, 4) is 0 Å². The molecule has 2 saturated heterocycles. The normalized spacial score (nSPS) is 39.9. The summed E-state index contributed by atoms with van der Waals surface area (Å²) >= 11 is 18.5. The molecule has 2 aliphatic rings. The molecule has 0 spiro atoms. The van der Waals surface area contributed by atoms with Crippen LogP contribution in [0.3, 0.4) is 0 Å². The maximum Gasteiger partial charge on any atom is 0.256 e. The largest absolute Gasteiger partial charge is 0.288 e. The van der Waals surface area contributed by atoms with Crippen molar-refractivity contribution in [1.82, 2.24) is 4.90 Å². The van der Waals surface area contributed by atoms with Crippen molar-refractivity contribution in [3.05, 3.63) is 0 Å². The number of amides is 1. The minimum Gasteiger partial charge on any atom is -0.288 e. The Kier molecular flexibility index (Phi) is 5.12. The molecule has 1 amide bonds. The molecule has 0 N–H and O–H groups in total. The second kappa shape index (κ2) is 4.71. The second-order valence-electron chi connectivity index (χ2n) is 2.94. The number of hydrogen-bond donors (Lipinski definition) is 0. The number of alkyl halides is 7. The van der Waals surface area contributed by atoms with Crippen LogP contribution in [0, 0.1) is 0 Å². The molecule has 1 atom stereocenters. The fourth-order valence-electron chi connectivity index (χ4n) is 1.27. The molecule has 0 aromatic carbocycles. The number of thioether (sulfide) groups is 1. The van der Waals surface area contributed by atoms with Gasteiger partial charge in [-0.15, -0.1) is 0 Å². The lowest BCUT2D eigenvalue weighted by Gasteiger charge is -2.54. The summed E-state index contributed by atoms with van der Waals surface area (Å²) in [6.45, 7) is 0. The molecular weight excluding hydrogens is 1010 g/mol. The van der Waals surface area contributed by atoms with Crippen LogP contribution in [-0.4, -0.2) is 17.4 Å². The van der Waals surface area contributed by atoms with Crippen LogP contribution < -0.4 is 0 Å². The Hall–Kier alpha value is 4.93. The van der Waals surface area contributed by atoms with E-state index in [1.807, 2.05) is 16.7 Å². The molecule has 0 aromatic heterocycles. The smallest absolute Gasteiger partial charge is 0.256 e. The van der Waals surface area contributed by atoms with Gasteiger partial charge in [-0.2, -0.15) is 0 Å². The van der Waals surface area contributed by atoms with E-state index in [-0.39, 0.29) is 12.5 Å². The summed E-state index contributed by atoms with van der Waals surface area (Å²) in [5, 5.41) is 0. The molecule has 10 heteroatoms. The minimum atomic E-state index is -0.312. The van der Waals surface area contributed by atoms with E-state index in [9.17, 15) is 4.79 Å². The third kappa shape index (κ3) is 2.09. The van der Waals surface area contributed by atoms with E-state index in [1.165, 1.54) is 0 Å². The number of fused-ring (bicyclic) bond motifs is 1. The van der Waals surface area contributed by atoms with Crippen molar-refractivity contribution < 1.29 is 4.79 Å². The van der Waals surface area contributed by atoms with Crippen molar-refractivity contribution in [1.29, 1.82) is 0 Å². The van der Waals surface area contributed by atoms with Gasteiger partial charge < -0.3 is 0 Å². The summed E-state index contributed by atoms with van der Waals surface area (Å²) in [7, 11) is 0. The van der Waals surface area contributed by atoms with E-state index in [2.05, 4.69) is 158 Å². The van der Waals surface area contributed by atoms with Crippen LogP contribution in [0.15, 0.2) is 0 Å². The van der Waals surface area contributed by atoms with E-state index in [0.717, 1.165) is 0 Å². The van der Waals surface area contributed by atoms with Gasteiger partial charge in [-0.05, 0) is 67.8 Å².